The maximum Gasteiger partial charge on any atom is 0.147 e. The maximum absolute atomic E-state index is 13.6. The van der Waals surface area contributed by atoms with Crippen molar-refractivity contribution in [1.29, 1.82) is 0 Å². The van der Waals surface area contributed by atoms with Gasteiger partial charge >= 0.3 is 0 Å². The summed E-state index contributed by atoms with van der Waals surface area (Å²) in [5.41, 5.74) is 2.98. The molecular formula is C14H18FN. The normalized spacial score (nSPS) is 13.6. The van der Waals surface area contributed by atoms with E-state index >= 15 is 0 Å². The summed E-state index contributed by atoms with van der Waals surface area (Å²) >= 11 is 0. The van der Waals surface area contributed by atoms with Crippen molar-refractivity contribution in [3.05, 3.63) is 35.3 Å². The molecule has 0 saturated carbocycles. The molecule has 0 fully saturated rings. The van der Waals surface area contributed by atoms with Gasteiger partial charge in [-0.3, -0.25) is 0 Å². The van der Waals surface area contributed by atoms with Crippen LogP contribution < -0.4 is 0 Å². The van der Waals surface area contributed by atoms with Gasteiger partial charge in [-0.1, -0.05) is 32.9 Å². The highest BCUT2D eigenvalue weighted by Gasteiger charge is 2.18. The standard InChI is InChI=1S/C14H18FN/c1-8(2)9(3)13-10(4)16-14-11(13)6-5-7-12(14)15/h5-9,16H,1-4H3. The average molecular weight is 219 g/mol. The number of fused-ring (bicyclic) bond motifs is 1. The summed E-state index contributed by atoms with van der Waals surface area (Å²) in [6.45, 7) is 8.61. The Hall–Kier alpha value is -1.31. The lowest BCUT2D eigenvalue weighted by atomic mass is 9.88. The van der Waals surface area contributed by atoms with Crippen molar-refractivity contribution in [3.63, 3.8) is 0 Å². The molecule has 16 heavy (non-hydrogen) atoms. The lowest BCUT2D eigenvalue weighted by molar-refractivity contribution is 0.536. The van der Waals surface area contributed by atoms with Crippen LogP contribution in [0.25, 0.3) is 10.9 Å². The third kappa shape index (κ3) is 1.62. The Morgan fingerprint density at radius 1 is 1.19 bits per heavy atom. The number of nitrogens with one attached hydrogen (secondary N) is 1. The summed E-state index contributed by atoms with van der Waals surface area (Å²) in [6, 6.07) is 5.28. The average Bonchev–Trinajstić information content (AvgIpc) is 2.55. The Balaban J connectivity index is 2.70. The molecule has 1 unspecified atom stereocenters. The lowest BCUT2D eigenvalue weighted by Gasteiger charge is -2.16. The molecule has 1 aromatic carbocycles. The first kappa shape index (κ1) is 11.2. The zero-order valence-electron chi connectivity index (χ0n) is 10.3. The zero-order chi connectivity index (χ0) is 11.9. The van der Waals surface area contributed by atoms with Crippen LogP contribution >= 0.6 is 0 Å². The number of aromatic amines is 1. The van der Waals surface area contributed by atoms with Crippen LogP contribution in [0.5, 0.6) is 0 Å². The van der Waals surface area contributed by atoms with Crippen molar-refractivity contribution in [2.75, 3.05) is 0 Å². The number of halogens is 1. The highest BCUT2D eigenvalue weighted by Crippen LogP contribution is 2.33. The second kappa shape index (κ2) is 3.93. The highest BCUT2D eigenvalue weighted by atomic mass is 19.1. The number of hydrogen-bond acceptors (Lipinski definition) is 0. The van der Waals surface area contributed by atoms with Gasteiger partial charge in [0, 0.05) is 11.1 Å². The molecule has 0 saturated heterocycles. The Morgan fingerprint density at radius 2 is 1.88 bits per heavy atom. The van der Waals surface area contributed by atoms with E-state index in [0.29, 0.717) is 17.4 Å². The van der Waals surface area contributed by atoms with Gasteiger partial charge in [0.2, 0.25) is 0 Å². The smallest absolute Gasteiger partial charge is 0.147 e. The minimum Gasteiger partial charge on any atom is -0.356 e. The van der Waals surface area contributed by atoms with Crippen molar-refractivity contribution in [2.45, 2.75) is 33.6 Å². The van der Waals surface area contributed by atoms with Crippen molar-refractivity contribution < 1.29 is 4.39 Å². The molecule has 1 aromatic heterocycles. The second-order valence-corrected chi connectivity index (χ2v) is 4.86. The van der Waals surface area contributed by atoms with Crippen molar-refractivity contribution in [1.82, 2.24) is 4.98 Å². The van der Waals surface area contributed by atoms with E-state index in [1.54, 1.807) is 6.07 Å². The van der Waals surface area contributed by atoms with Crippen LogP contribution in [0.4, 0.5) is 4.39 Å². The molecular weight excluding hydrogens is 201 g/mol. The topological polar surface area (TPSA) is 15.8 Å². The van der Waals surface area contributed by atoms with E-state index in [4.69, 9.17) is 0 Å². The van der Waals surface area contributed by atoms with Crippen LogP contribution in [-0.2, 0) is 0 Å². The molecule has 1 heterocycles. The number of aromatic nitrogens is 1. The molecule has 0 aliphatic rings. The Labute approximate surface area is 95.7 Å². The molecule has 0 aliphatic carbocycles. The summed E-state index contributed by atoms with van der Waals surface area (Å²) in [5.74, 6) is 0.833. The minimum absolute atomic E-state index is 0.164. The quantitative estimate of drug-likeness (QED) is 0.771. The predicted octanol–water partition coefficient (Wildman–Crippen LogP) is 4.37. The van der Waals surface area contributed by atoms with Gasteiger partial charge in [0.25, 0.3) is 0 Å². The zero-order valence-corrected chi connectivity index (χ0v) is 10.3. The molecule has 1 N–H and O–H groups in total. The summed E-state index contributed by atoms with van der Waals surface area (Å²) in [6.07, 6.45) is 0. The van der Waals surface area contributed by atoms with Gasteiger partial charge in [-0.25, -0.2) is 4.39 Å². The minimum atomic E-state index is -0.164. The molecule has 0 aliphatic heterocycles. The number of H-pyrrole nitrogens is 1. The van der Waals surface area contributed by atoms with Crippen LogP contribution in [0.15, 0.2) is 18.2 Å². The molecule has 0 radical (unpaired) electrons. The molecule has 2 aromatic rings. The lowest BCUT2D eigenvalue weighted by Crippen LogP contribution is -2.02. The van der Waals surface area contributed by atoms with Crippen molar-refractivity contribution in [3.8, 4) is 0 Å². The highest BCUT2D eigenvalue weighted by molar-refractivity contribution is 5.85. The summed E-state index contributed by atoms with van der Waals surface area (Å²) in [5, 5.41) is 1.03. The van der Waals surface area contributed by atoms with Gasteiger partial charge in [-0.2, -0.15) is 0 Å². The van der Waals surface area contributed by atoms with E-state index < -0.39 is 0 Å². The predicted molar refractivity (Wildman–Crippen MR) is 66.2 cm³/mol. The monoisotopic (exact) mass is 219 g/mol. The molecule has 2 rings (SSSR count). The van der Waals surface area contributed by atoms with E-state index in [1.807, 2.05) is 13.0 Å². The van der Waals surface area contributed by atoms with Crippen LogP contribution in [0, 0.1) is 18.7 Å². The molecule has 86 valence electrons. The third-order valence-corrected chi connectivity index (χ3v) is 3.48. The van der Waals surface area contributed by atoms with Gasteiger partial charge in [0.1, 0.15) is 5.82 Å². The van der Waals surface area contributed by atoms with Crippen LogP contribution in [0.1, 0.15) is 37.9 Å². The van der Waals surface area contributed by atoms with Crippen LogP contribution in [0.3, 0.4) is 0 Å². The molecule has 0 amide bonds. The van der Waals surface area contributed by atoms with Crippen LogP contribution in [0.2, 0.25) is 0 Å². The molecule has 2 heteroatoms. The van der Waals surface area contributed by atoms with Gasteiger partial charge in [-0.05, 0) is 30.4 Å². The largest absolute Gasteiger partial charge is 0.356 e. The van der Waals surface area contributed by atoms with Gasteiger partial charge in [0.15, 0.2) is 0 Å². The van der Waals surface area contributed by atoms with Crippen molar-refractivity contribution >= 4 is 10.9 Å². The van der Waals surface area contributed by atoms with E-state index in [9.17, 15) is 4.39 Å². The Morgan fingerprint density at radius 3 is 2.50 bits per heavy atom. The Kier molecular flexibility index (Phi) is 2.75. The first-order valence-corrected chi connectivity index (χ1v) is 5.79. The Bertz CT molecular complexity index is 511. The molecule has 0 spiro atoms. The van der Waals surface area contributed by atoms with Gasteiger partial charge < -0.3 is 4.98 Å². The number of hydrogen-bond donors (Lipinski definition) is 1. The molecule has 0 bridgehead atoms. The summed E-state index contributed by atoms with van der Waals surface area (Å²) < 4.78 is 13.6. The summed E-state index contributed by atoms with van der Waals surface area (Å²) in [7, 11) is 0. The number of aryl methyl sites for hydroxylation is 1. The van der Waals surface area contributed by atoms with E-state index in [0.717, 1.165) is 11.1 Å². The molecule has 1 atom stereocenters. The number of benzene rings is 1. The van der Waals surface area contributed by atoms with Crippen LogP contribution in [-0.4, -0.2) is 4.98 Å². The maximum atomic E-state index is 13.6. The first-order chi connectivity index (χ1) is 7.52. The third-order valence-electron chi connectivity index (χ3n) is 3.48. The molecule has 1 nitrogen and oxygen atoms in total. The fraction of sp³-hybridized carbons (Fsp3) is 0.429. The fourth-order valence-corrected chi connectivity index (χ4v) is 2.25. The van der Waals surface area contributed by atoms with E-state index in [-0.39, 0.29) is 5.82 Å². The summed E-state index contributed by atoms with van der Waals surface area (Å²) in [4.78, 5) is 3.16. The van der Waals surface area contributed by atoms with E-state index in [2.05, 4.69) is 25.8 Å². The number of rotatable bonds is 2. The fourth-order valence-electron chi connectivity index (χ4n) is 2.25. The van der Waals surface area contributed by atoms with Crippen molar-refractivity contribution in [2.24, 2.45) is 5.92 Å². The van der Waals surface area contributed by atoms with Gasteiger partial charge in [0.05, 0.1) is 5.52 Å². The van der Waals surface area contributed by atoms with E-state index in [1.165, 1.54) is 11.6 Å². The second-order valence-electron chi connectivity index (χ2n) is 4.86. The SMILES string of the molecule is Cc1[nH]c2c(F)cccc2c1C(C)C(C)C. The first-order valence-electron chi connectivity index (χ1n) is 5.79. The number of para-hydroxylation sites is 1. The van der Waals surface area contributed by atoms with Gasteiger partial charge in [-0.15, -0.1) is 0 Å².